The average molecular weight is 367 g/mol. The number of hydrogen-bond donors (Lipinski definition) is 1. The predicted octanol–water partition coefficient (Wildman–Crippen LogP) is 2.64. The van der Waals surface area contributed by atoms with E-state index in [1.807, 2.05) is 44.2 Å². The molecule has 0 fully saturated rings. The Labute approximate surface area is 157 Å². The lowest BCUT2D eigenvalue weighted by molar-refractivity contribution is -0.118. The Morgan fingerprint density at radius 2 is 1.74 bits per heavy atom. The molecule has 0 aliphatic rings. The first kappa shape index (κ1) is 18.4. The van der Waals surface area contributed by atoms with Crippen LogP contribution in [-0.4, -0.2) is 39.3 Å². The van der Waals surface area contributed by atoms with Crippen molar-refractivity contribution in [2.24, 2.45) is 0 Å². The largest absolute Gasteiger partial charge is 0.490 e. The summed E-state index contributed by atoms with van der Waals surface area (Å²) in [6.07, 6.45) is 0.673. The van der Waals surface area contributed by atoms with E-state index in [2.05, 4.69) is 20.8 Å². The number of benzene rings is 2. The highest BCUT2D eigenvalue weighted by atomic mass is 16.5. The molecule has 0 radical (unpaired) electrons. The molecule has 3 rings (SSSR count). The predicted molar refractivity (Wildman–Crippen MR) is 100 cm³/mol. The highest BCUT2D eigenvalue weighted by molar-refractivity contribution is 5.93. The maximum absolute atomic E-state index is 12.4. The van der Waals surface area contributed by atoms with Gasteiger partial charge in [0.1, 0.15) is 0 Å². The van der Waals surface area contributed by atoms with Gasteiger partial charge in [0.2, 0.25) is 0 Å². The Balaban J connectivity index is 1.71. The number of carbonyl (C=O) groups is 1. The number of carbonyl (C=O) groups excluding carboxylic acids is 1. The third kappa shape index (κ3) is 4.41. The number of aromatic nitrogens is 4. The van der Waals surface area contributed by atoms with Crippen LogP contribution in [0.2, 0.25) is 0 Å². The fraction of sp³-hybridized carbons (Fsp3) is 0.263. The first-order valence-corrected chi connectivity index (χ1v) is 8.74. The molecule has 3 aromatic rings. The van der Waals surface area contributed by atoms with Gasteiger partial charge in [-0.25, -0.2) is 0 Å². The second kappa shape index (κ2) is 8.79. The molecule has 8 nitrogen and oxygen atoms in total. The van der Waals surface area contributed by atoms with Crippen LogP contribution in [0.1, 0.15) is 19.7 Å². The summed E-state index contributed by atoms with van der Waals surface area (Å²) >= 11 is 0. The molecule has 1 N–H and O–H groups in total. The van der Waals surface area contributed by atoms with Gasteiger partial charge in [-0.15, -0.1) is 5.10 Å². The maximum atomic E-state index is 12.4. The normalized spacial score (nSPS) is 10.4. The van der Waals surface area contributed by atoms with E-state index < -0.39 is 0 Å². The van der Waals surface area contributed by atoms with E-state index in [1.54, 1.807) is 22.9 Å². The molecule has 0 bridgehead atoms. The number of amides is 1. The van der Waals surface area contributed by atoms with E-state index >= 15 is 0 Å². The summed E-state index contributed by atoms with van der Waals surface area (Å²) in [7, 11) is 0. The minimum absolute atomic E-state index is 0.144. The molecule has 0 atom stereocenters. The maximum Gasteiger partial charge on any atom is 0.262 e. The van der Waals surface area contributed by atoms with Crippen LogP contribution in [0.15, 0.2) is 48.5 Å². The molecule has 8 heteroatoms. The van der Waals surface area contributed by atoms with Crippen LogP contribution in [0, 0.1) is 0 Å². The summed E-state index contributed by atoms with van der Waals surface area (Å²) in [4.78, 5) is 12.4. The second-order valence-corrected chi connectivity index (χ2v) is 5.59. The van der Waals surface area contributed by atoms with Crippen molar-refractivity contribution in [2.75, 3.05) is 18.5 Å². The van der Waals surface area contributed by atoms with E-state index in [4.69, 9.17) is 9.47 Å². The molecule has 1 aromatic heterocycles. The summed E-state index contributed by atoms with van der Waals surface area (Å²) in [5.41, 5.74) is 1.30. The first-order valence-electron chi connectivity index (χ1n) is 8.74. The third-order valence-electron chi connectivity index (χ3n) is 3.76. The van der Waals surface area contributed by atoms with E-state index in [9.17, 15) is 4.79 Å². The Morgan fingerprint density at radius 1 is 1.04 bits per heavy atom. The first-order chi connectivity index (χ1) is 13.2. The minimum Gasteiger partial charge on any atom is -0.490 e. The summed E-state index contributed by atoms with van der Waals surface area (Å²) in [5.74, 6) is 1.55. The van der Waals surface area contributed by atoms with Gasteiger partial charge in [-0.3, -0.25) is 4.79 Å². The van der Waals surface area contributed by atoms with Crippen molar-refractivity contribution in [1.82, 2.24) is 20.2 Å². The van der Waals surface area contributed by atoms with Gasteiger partial charge in [0.25, 0.3) is 5.91 Å². The molecule has 0 unspecified atom stereocenters. The Morgan fingerprint density at radius 3 is 2.48 bits per heavy atom. The number of aryl methyl sites for hydroxylation is 1. The van der Waals surface area contributed by atoms with Crippen molar-refractivity contribution < 1.29 is 14.3 Å². The highest BCUT2D eigenvalue weighted by Crippen LogP contribution is 2.26. The van der Waals surface area contributed by atoms with Crippen molar-refractivity contribution in [2.45, 2.75) is 20.3 Å². The van der Waals surface area contributed by atoms with Gasteiger partial charge in [0, 0.05) is 6.42 Å². The van der Waals surface area contributed by atoms with Gasteiger partial charge in [-0.05, 0) is 41.6 Å². The van der Waals surface area contributed by atoms with Crippen molar-refractivity contribution in [3.63, 3.8) is 0 Å². The summed E-state index contributed by atoms with van der Waals surface area (Å²) in [6, 6.07) is 14.6. The van der Waals surface area contributed by atoms with Gasteiger partial charge >= 0.3 is 0 Å². The average Bonchev–Trinajstić information content (AvgIpc) is 3.16. The van der Waals surface area contributed by atoms with Gasteiger partial charge in [0.15, 0.2) is 23.9 Å². The Kier molecular flexibility index (Phi) is 5.98. The number of para-hydroxylation sites is 4. The number of anilines is 1. The smallest absolute Gasteiger partial charge is 0.262 e. The Bertz CT molecular complexity index is 910. The van der Waals surface area contributed by atoms with Crippen molar-refractivity contribution in [1.29, 1.82) is 0 Å². The van der Waals surface area contributed by atoms with Gasteiger partial charge in [-0.1, -0.05) is 31.2 Å². The second-order valence-electron chi connectivity index (χ2n) is 5.59. The zero-order chi connectivity index (χ0) is 19.1. The van der Waals surface area contributed by atoms with E-state index in [0.29, 0.717) is 41.7 Å². The fourth-order valence-electron chi connectivity index (χ4n) is 2.55. The zero-order valence-electron chi connectivity index (χ0n) is 15.3. The van der Waals surface area contributed by atoms with E-state index in [-0.39, 0.29) is 12.5 Å². The minimum atomic E-state index is -0.292. The summed E-state index contributed by atoms with van der Waals surface area (Å²) in [5, 5.41) is 14.5. The lowest BCUT2D eigenvalue weighted by Gasteiger charge is -2.13. The van der Waals surface area contributed by atoms with Crippen LogP contribution in [0.3, 0.4) is 0 Å². The quantitative estimate of drug-likeness (QED) is 0.658. The van der Waals surface area contributed by atoms with Crippen LogP contribution < -0.4 is 14.8 Å². The molecule has 0 aliphatic carbocycles. The molecule has 1 heterocycles. The molecule has 1 amide bonds. The molecule has 0 spiro atoms. The van der Waals surface area contributed by atoms with Crippen LogP contribution in [0.5, 0.6) is 11.5 Å². The van der Waals surface area contributed by atoms with Crippen molar-refractivity contribution in [3.05, 3.63) is 54.4 Å². The van der Waals surface area contributed by atoms with Crippen LogP contribution in [-0.2, 0) is 11.2 Å². The number of nitrogens with one attached hydrogen (secondary N) is 1. The van der Waals surface area contributed by atoms with E-state index in [0.717, 1.165) is 0 Å². The highest BCUT2D eigenvalue weighted by Gasteiger charge is 2.13. The number of hydrogen-bond acceptors (Lipinski definition) is 6. The number of ether oxygens (including phenoxy) is 2. The third-order valence-corrected chi connectivity index (χ3v) is 3.76. The molecular formula is C19H21N5O3. The molecule has 27 heavy (non-hydrogen) atoms. The monoisotopic (exact) mass is 367 g/mol. The van der Waals surface area contributed by atoms with Gasteiger partial charge in [-0.2, -0.15) is 4.68 Å². The number of rotatable bonds is 8. The van der Waals surface area contributed by atoms with Gasteiger partial charge < -0.3 is 14.8 Å². The van der Waals surface area contributed by atoms with Crippen molar-refractivity contribution >= 4 is 11.6 Å². The molecular weight excluding hydrogens is 346 g/mol. The molecule has 0 saturated heterocycles. The molecule has 0 saturated carbocycles. The molecule has 2 aromatic carbocycles. The summed E-state index contributed by atoms with van der Waals surface area (Å²) in [6.45, 7) is 4.23. The van der Waals surface area contributed by atoms with Crippen molar-refractivity contribution in [3.8, 4) is 17.2 Å². The Hall–Kier alpha value is -3.42. The van der Waals surface area contributed by atoms with E-state index in [1.165, 1.54) is 0 Å². The number of tetrazole rings is 1. The van der Waals surface area contributed by atoms with Crippen LogP contribution >= 0.6 is 0 Å². The van der Waals surface area contributed by atoms with Crippen LogP contribution in [0.4, 0.5) is 5.69 Å². The molecule has 0 aliphatic heterocycles. The lowest BCUT2D eigenvalue weighted by Crippen LogP contribution is -2.21. The summed E-state index contributed by atoms with van der Waals surface area (Å²) < 4.78 is 12.7. The van der Waals surface area contributed by atoms with Gasteiger partial charge in [0.05, 0.1) is 18.0 Å². The standard InChI is InChI=1S/C19H21N5O3/c1-3-18-21-22-23-24(18)15-10-6-5-9-14(15)20-19(25)13-27-17-12-8-7-11-16(17)26-4-2/h5-12H,3-4,13H2,1-2H3,(H,20,25). The lowest BCUT2D eigenvalue weighted by atomic mass is 10.2. The topological polar surface area (TPSA) is 91.2 Å². The fourth-order valence-corrected chi connectivity index (χ4v) is 2.55. The number of nitrogens with zero attached hydrogens (tertiary/aromatic N) is 4. The van der Waals surface area contributed by atoms with Crippen LogP contribution in [0.25, 0.3) is 5.69 Å². The molecule has 140 valence electrons. The SMILES string of the molecule is CCOc1ccccc1OCC(=O)Nc1ccccc1-n1nnnc1CC. The zero-order valence-corrected chi connectivity index (χ0v) is 15.3.